The van der Waals surface area contributed by atoms with E-state index in [1.807, 2.05) is 13.8 Å². The van der Waals surface area contributed by atoms with Crippen LogP contribution in [0.2, 0.25) is 0 Å². The first-order valence-electron chi connectivity index (χ1n) is 7.47. The van der Waals surface area contributed by atoms with E-state index >= 15 is 0 Å². The number of ether oxygens (including phenoxy) is 1. The van der Waals surface area contributed by atoms with E-state index in [9.17, 15) is 18.3 Å². The Kier molecular flexibility index (Phi) is 3.76. The molecule has 5 unspecified atom stereocenters. The Labute approximate surface area is 125 Å². The molecule has 0 saturated carbocycles. The smallest absolute Gasteiger partial charge is 0.308 e. The van der Waals surface area contributed by atoms with Gasteiger partial charge in [0.25, 0.3) is 10.2 Å². The lowest BCUT2D eigenvalue weighted by Crippen LogP contribution is -2.54. The Bertz CT molecular complexity index is 527. The number of carboxylic acid groups (broad SMARTS) is 1. The highest BCUT2D eigenvalue weighted by atomic mass is 32.2. The molecule has 5 atom stereocenters. The fraction of sp³-hybridized carbons (Fsp3) is 0.923. The van der Waals surface area contributed by atoms with Gasteiger partial charge in [0.15, 0.2) is 0 Å². The van der Waals surface area contributed by atoms with Gasteiger partial charge in [-0.1, -0.05) is 0 Å². The van der Waals surface area contributed by atoms with Crippen molar-refractivity contribution < 1.29 is 23.1 Å². The predicted octanol–water partition coefficient (Wildman–Crippen LogP) is 0.278. The minimum Gasteiger partial charge on any atom is -0.481 e. The number of hydrogen-bond acceptors (Lipinski definition) is 4. The molecule has 21 heavy (non-hydrogen) atoms. The summed E-state index contributed by atoms with van der Waals surface area (Å²) in [7, 11) is -3.61. The first kappa shape index (κ1) is 15.2. The SMILES string of the molecule is CC1CN(S(=O)(=O)N2C3CCC2C(C(=O)O)C3)CC(C)O1. The van der Waals surface area contributed by atoms with E-state index < -0.39 is 22.1 Å². The fourth-order valence-electron chi connectivity index (χ4n) is 4.02. The molecule has 120 valence electrons. The molecule has 8 heteroatoms. The highest BCUT2D eigenvalue weighted by molar-refractivity contribution is 7.86. The Balaban J connectivity index is 1.84. The molecule has 3 aliphatic heterocycles. The second-order valence-corrected chi connectivity index (χ2v) is 8.22. The summed E-state index contributed by atoms with van der Waals surface area (Å²) >= 11 is 0. The number of carbonyl (C=O) groups is 1. The highest BCUT2D eigenvalue weighted by Crippen LogP contribution is 2.44. The van der Waals surface area contributed by atoms with Crippen molar-refractivity contribution in [2.75, 3.05) is 13.1 Å². The molecular weight excluding hydrogens is 296 g/mol. The standard InChI is InChI=1S/C13H22N2O5S/c1-8-6-14(7-9(2)20-8)21(18,19)15-10-3-4-12(15)11(5-10)13(16)17/h8-12H,3-7H2,1-2H3,(H,16,17). The maximum Gasteiger partial charge on any atom is 0.308 e. The van der Waals surface area contributed by atoms with Crippen LogP contribution in [-0.4, -0.2) is 65.5 Å². The largest absolute Gasteiger partial charge is 0.481 e. The molecule has 0 spiro atoms. The van der Waals surface area contributed by atoms with Crippen LogP contribution in [0, 0.1) is 5.92 Å². The zero-order valence-electron chi connectivity index (χ0n) is 12.3. The summed E-state index contributed by atoms with van der Waals surface area (Å²) in [4.78, 5) is 11.3. The number of morpholine rings is 1. The van der Waals surface area contributed by atoms with Gasteiger partial charge < -0.3 is 9.84 Å². The van der Waals surface area contributed by atoms with Gasteiger partial charge >= 0.3 is 5.97 Å². The average Bonchev–Trinajstić information content (AvgIpc) is 2.95. The van der Waals surface area contributed by atoms with Gasteiger partial charge in [0, 0.05) is 25.2 Å². The summed E-state index contributed by atoms with van der Waals surface area (Å²) in [5, 5.41) is 9.26. The van der Waals surface area contributed by atoms with Gasteiger partial charge in [0.05, 0.1) is 18.1 Å². The van der Waals surface area contributed by atoms with Crippen molar-refractivity contribution in [3.05, 3.63) is 0 Å². The number of rotatable bonds is 3. The third kappa shape index (κ3) is 2.48. The maximum absolute atomic E-state index is 12.9. The number of carboxylic acids is 1. The summed E-state index contributed by atoms with van der Waals surface area (Å²) in [6.45, 7) is 4.38. The second kappa shape index (κ2) is 5.19. The topological polar surface area (TPSA) is 87.2 Å². The second-order valence-electron chi connectivity index (χ2n) is 6.39. The van der Waals surface area contributed by atoms with Crippen molar-refractivity contribution in [2.24, 2.45) is 5.92 Å². The third-order valence-electron chi connectivity index (χ3n) is 4.77. The van der Waals surface area contributed by atoms with E-state index in [2.05, 4.69) is 0 Å². The van der Waals surface area contributed by atoms with Crippen LogP contribution in [0.25, 0.3) is 0 Å². The summed E-state index contributed by atoms with van der Waals surface area (Å²) in [5.41, 5.74) is 0. The Hall–Kier alpha value is -0.700. The minimum atomic E-state index is -3.61. The third-order valence-corrected chi connectivity index (χ3v) is 6.82. The zero-order chi connectivity index (χ0) is 15.4. The predicted molar refractivity (Wildman–Crippen MR) is 74.9 cm³/mol. The van der Waals surface area contributed by atoms with E-state index in [0.717, 1.165) is 6.42 Å². The van der Waals surface area contributed by atoms with Crippen molar-refractivity contribution in [2.45, 2.75) is 57.4 Å². The quantitative estimate of drug-likeness (QED) is 0.807. The van der Waals surface area contributed by atoms with Crippen LogP contribution < -0.4 is 0 Å². The van der Waals surface area contributed by atoms with Crippen molar-refractivity contribution in [1.82, 2.24) is 8.61 Å². The van der Waals surface area contributed by atoms with Crippen LogP contribution in [0.1, 0.15) is 33.1 Å². The summed E-state index contributed by atoms with van der Waals surface area (Å²) in [6, 6.07) is -0.541. The van der Waals surface area contributed by atoms with Crippen LogP contribution in [0.4, 0.5) is 0 Å². The number of nitrogens with zero attached hydrogens (tertiary/aromatic N) is 2. The van der Waals surface area contributed by atoms with Crippen molar-refractivity contribution >= 4 is 16.2 Å². The molecule has 2 bridgehead atoms. The maximum atomic E-state index is 12.9. The number of fused-ring (bicyclic) bond motifs is 2. The molecule has 1 N–H and O–H groups in total. The Morgan fingerprint density at radius 1 is 1.19 bits per heavy atom. The van der Waals surface area contributed by atoms with Crippen LogP contribution in [0.3, 0.4) is 0 Å². The Morgan fingerprint density at radius 2 is 1.81 bits per heavy atom. The van der Waals surface area contributed by atoms with Crippen molar-refractivity contribution in [3.8, 4) is 0 Å². The molecule has 0 aromatic heterocycles. The van der Waals surface area contributed by atoms with E-state index in [1.54, 1.807) is 0 Å². The van der Waals surface area contributed by atoms with Gasteiger partial charge in [0.1, 0.15) is 0 Å². The van der Waals surface area contributed by atoms with Crippen LogP contribution in [-0.2, 0) is 19.7 Å². The Morgan fingerprint density at radius 3 is 2.33 bits per heavy atom. The molecule has 0 aliphatic carbocycles. The molecule has 7 nitrogen and oxygen atoms in total. The lowest BCUT2D eigenvalue weighted by molar-refractivity contribution is -0.142. The zero-order valence-corrected chi connectivity index (χ0v) is 13.1. The summed E-state index contributed by atoms with van der Waals surface area (Å²) in [5.74, 6) is -1.44. The summed E-state index contributed by atoms with van der Waals surface area (Å²) in [6.07, 6.45) is 1.58. The van der Waals surface area contributed by atoms with E-state index in [4.69, 9.17) is 4.74 Å². The monoisotopic (exact) mass is 318 g/mol. The van der Waals surface area contributed by atoms with Crippen molar-refractivity contribution in [3.63, 3.8) is 0 Å². The first-order valence-corrected chi connectivity index (χ1v) is 8.87. The van der Waals surface area contributed by atoms with Gasteiger partial charge in [0.2, 0.25) is 0 Å². The normalized spacial score (nSPS) is 41.5. The van der Waals surface area contributed by atoms with Gasteiger partial charge in [-0.3, -0.25) is 4.79 Å². The lowest BCUT2D eigenvalue weighted by Gasteiger charge is -2.37. The van der Waals surface area contributed by atoms with E-state index in [0.29, 0.717) is 25.9 Å². The minimum absolute atomic E-state index is 0.140. The molecule has 3 heterocycles. The fourth-order valence-corrected chi connectivity index (χ4v) is 6.24. The number of aliphatic carboxylic acids is 1. The molecule has 3 rings (SSSR count). The van der Waals surface area contributed by atoms with E-state index in [-0.39, 0.29) is 24.3 Å². The molecule has 0 aromatic carbocycles. The van der Waals surface area contributed by atoms with Crippen LogP contribution >= 0.6 is 0 Å². The molecular formula is C13H22N2O5S. The molecule has 3 saturated heterocycles. The highest BCUT2D eigenvalue weighted by Gasteiger charge is 2.55. The molecule has 0 amide bonds. The molecule has 3 aliphatic rings. The molecule has 0 aromatic rings. The van der Waals surface area contributed by atoms with Crippen LogP contribution in [0.15, 0.2) is 0 Å². The summed E-state index contributed by atoms with van der Waals surface area (Å²) < 4.78 is 34.3. The lowest BCUT2D eigenvalue weighted by atomic mass is 9.89. The van der Waals surface area contributed by atoms with Gasteiger partial charge in [-0.2, -0.15) is 17.0 Å². The van der Waals surface area contributed by atoms with Crippen LogP contribution in [0.5, 0.6) is 0 Å². The molecule has 0 radical (unpaired) electrons. The van der Waals surface area contributed by atoms with Gasteiger partial charge in [-0.25, -0.2) is 0 Å². The van der Waals surface area contributed by atoms with Crippen molar-refractivity contribution in [1.29, 1.82) is 0 Å². The number of hydrogen-bond donors (Lipinski definition) is 1. The van der Waals surface area contributed by atoms with E-state index in [1.165, 1.54) is 8.61 Å². The van der Waals surface area contributed by atoms with Gasteiger partial charge in [-0.05, 0) is 33.1 Å². The average molecular weight is 318 g/mol. The van der Waals surface area contributed by atoms with Gasteiger partial charge in [-0.15, -0.1) is 0 Å². The molecule has 3 fully saturated rings. The first-order chi connectivity index (χ1) is 9.80.